The first-order chi connectivity index (χ1) is 11.2. The fraction of sp³-hybridized carbons (Fsp3) is 0.267. The van der Waals surface area contributed by atoms with E-state index in [1.807, 2.05) is 0 Å². The fourth-order valence-corrected chi connectivity index (χ4v) is 2.77. The Hall–Kier alpha value is -2.68. The molecular weight excluding hydrogens is 336 g/mol. The Morgan fingerprint density at radius 3 is 2.54 bits per heavy atom. The lowest BCUT2D eigenvalue weighted by atomic mass is 10.2. The van der Waals surface area contributed by atoms with Gasteiger partial charge in [-0.15, -0.1) is 0 Å². The van der Waals surface area contributed by atoms with Crippen molar-refractivity contribution in [1.29, 1.82) is 0 Å². The maximum Gasteiger partial charge on any atom is 0.340 e. The van der Waals surface area contributed by atoms with Gasteiger partial charge in [-0.05, 0) is 26.0 Å². The van der Waals surface area contributed by atoms with E-state index < -0.39 is 27.8 Å². The van der Waals surface area contributed by atoms with Crippen molar-refractivity contribution in [3.8, 4) is 0 Å². The molecule has 1 N–H and O–H groups in total. The summed E-state index contributed by atoms with van der Waals surface area (Å²) in [6.07, 6.45) is -0.163. The summed E-state index contributed by atoms with van der Waals surface area (Å²) in [5, 5.41) is 6.02. The topological polar surface area (TPSA) is 116 Å². The first-order valence-electron chi connectivity index (χ1n) is 6.92. The van der Waals surface area contributed by atoms with Crippen LogP contribution in [0.1, 0.15) is 23.0 Å². The third kappa shape index (κ3) is 4.19. The van der Waals surface area contributed by atoms with Gasteiger partial charge >= 0.3 is 5.97 Å². The van der Waals surface area contributed by atoms with Gasteiger partial charge in [-0.2, -0.15) is 0 Å². The number of hydrogen-bond acceptors (Lipinski definition) is 7. The number of sulfone groups is 1. The van der Waals surface area contributed by atoms with E-state index in [0.29, 0.717) is 5.76 Å². The molecule has 1 amide bonds. The van der Waals surface area contributed by atoms with Crippen LogP contribution >= 0.6 is 0 Å². The molecule has 24 heavy (non-hydrogen) atoms. The molecule has 0 bridgehead atoms. The molecular formula is C15H16N2O6S. The van der Waals surface area contributed by atoms with E-state index in [4.69, 9.17) is 9.26 Å². The van der Waals surface area contributed by atoms with Crippen LogP contribution < -0.4 is 5.32 Å². The van der Waals surface area contributed by atoms with Crippen molar-refractivity contribution in [3.05, 3.63) is 41.7 Å². The summed E-state index contributed by atoms with van der Waals surface area (Å²) in [6, 6.07) is 7.13. The van der Waals surface area contributed by atoms with Gasteiger partial charge in [0, 0.05) is 12.3 Å². The summed E-state index contributed by atoms with van der Waals surface area (Å²) in [7, 11) is -3.60. The number of esters is 1. The highest BCUT2D eigenvalue weighted by molar-refractivity contribution is 7.90. The molecule has 1 atom stereocenters. The molecule has 1 aromatic heterocycles. The highest BCUT2D eigenvalue weighted by atomic mass is 32.2. The Balaban J connectivity index is 2.11. The standard InChI is InChI=1S/C15H16N2O6S/c1-9-8-13(17-23-9)16-14(18)10(2)22-15(19)11-6-4-5-7-12(11)24(3,20)21/h4-8,10H,1-3H3,(H,16,17,18)/t10-/m0/s1. The molecule has 2 rings (SSSR count). The molecule has 8 nitrogen and oxygen atoms in total. The number of rotatable bonds is 5. The molecule has 0 aliphatic heterocycles. The number of benzene rings is 1. The van der Waals surface area contributed by atoms with Crippen molar-refractivity contribution in [2.75, 3.05) is 11.6 Å². The van der Waals surface area contributed by atoms with Crippen molar-refractivity contribution < 1.29 is 27.3 Å². The molecule has 0 aliphatic rings. The lowest BCUT2D eigenvalue weighted by Crippen LogP contribution is -2.30. The smallest absolute Gasteiger partial charge is 0.340 e. The van der Waals surface area contributed by atoms with Crippen molar-refractivity contribution in [1.82, 2.24) is 5.16 Å². The van der Waals surface area contributed by atoms with E-state index in [0.717, 1.165) is 6.26 Å². The maximum atomic E-state index is 12.2. The average molecular weight is 352 g/mol. The molecule has 1 heterocycles. The molecule has 0 spiro atoms. The molecule has 1 aromatic carbocycles. The second-order valence-corrected chi connectivity index (χ2v) is 7.11. The first kappa shape index (κ1) is 17.7. The van der Waals surface area contributed by atoms with Crippen molar-refractivity contribution in [3.63, 3.8) is 0 Å². The zero-order valence-electron chi connectivity index (χ0n) is 13.3. The molecule has 9 heteroatoms. The Labute approximate surface area is 138 Å². The molecule has 0 radical (unpaired) electrons. The van der Waals surface area contributed by atoms with E-state index >= 15 is 0 Å². The van der Waals surface area contributed by atoms with Crippen molar-refractivity contribution >= 4 is 27.5 Å². The average Bonchev–Trinajstić information content (AvgIpc) is 2.91. The van der Waals surface area contributed by atoms with E-state index in [1.165, 1.54) is 37.3 Å². The fourth-order valence-electron chi connectivity index (χ4n) is 1.89. The van der Waals surface area contributed by atoms with Crippen LogP contribution in [0, 0.1) is 6.92 Å². The maximum absolute atomic E-state index is 12.2. The third-order valence-electron chi connectivity index (χ3n) is 3.04. The van der Waals surface area contributed by atoms with Crippen LogP contribution in [-0.4, -0.2) is 37.8 Å². The zero-order valence-corrected chi connectivity index (χ0v) is 14.1. The number of nitrogens with zero attached hydrogens (tertiary/aromatic N) is 1. The van der Waals surface area contributed by atoms with Crippen LogP contribution in [0.5, 0.6) is 0 Å². The first-order valence-corrected chi connectivity index (χ1v) is 8.82. The molecule has 0 fully saturated rings. The Kier molecular flexibility index (Phi) is 5.03. The normalized spacial score (nSPS) is 12.5. The number of hydrogen-bond donors (Lipinski definition) is 1. The largest absolute Gasteiger partial charge is 0.449 e. The number of amides is 1. The molecule has 2 aromatic rings. The lowest BCUT2D eigenvalue weighted by molar-refractivity contribution is -0.123. The summed E-state index contributed by atoms with van der Waals surface area (Å²) in [5.41, 5.74) is -0.128. The number of aromatic nitrogens is 1. The lowest BCUT2D eigenvalue weighted by Gasteiger charge is -2.13. The van der Waals surface area contributed by atoms with Gasteiger partial charge in [-0.3, -0.25) is 4.79 Å². The van der Waals surface area contributed by atoms with Gasteiger partial charge < -0.3 is 14.6 Å². The van der Waals surface area contributed by atoms with Crippen LogP contribution in [0.15, 0.2) is 39.8 Å². The van der Waals surface area contributed by atoms with E-state index in [1.54, 1.807) is 6.92 Å². The van der Waals surface area contributed by atoms with Crippen molar-refractivity contribution in [2.24, 2.45) is 0 Å². The highest BCUT2D eigenvalue weighted by Gasteiger charge is 2.24. The van der Waals surface area contributed by atoms with Gasteiger partial charge in [0.1, 0.15) is 5.76 Å². The van der Waals surface area contributed by atoms with Gasteiger partial charge in [-0.25, -0.2) is 13.2 Å². The van der Waals surface area contributed by atoms with Gasteiger partial charge in [0.15, 0.2) is 21.8 Å². The SMILES string of the molecule is Cc1cc(NC(=O)[C@H](C)OC(=O)c2ccccc2S(C)(=O)=O)no1. The minimum atomic E-state index is -3.60. The van der Waals surface area contributed by atoms with Crippen LogP contribution in [0.25, 0.3) is 0 Å². The predicted molar refractivity (Wildman–Crippen MR) is 84.3 cm³/mol. The second kappa shape index (κ2) is 6.83. The number of nitrogens with one attached hydrogen (secondary N) is 1. The van der Waals surface area contributed by atoms with Gasteiger partial charge in [0.2, 0.25) is 0 Å². The Morgan fingerprint density at radius 1 is 1.29 bits per heavy atom. The Bertz CT molecular complexity index is 872. The monoisotopic (exact) mass is 352 g/mol. The number of aryl methyl sites for hydroxylation is 1. The number of carbonyl (C=O) groups is 2. The number of carbonyl (C=O) groups excluding carboxylic acids is 2. The van der Waals surface area contributed by atoms with Crippen LogP contribution in [0.2, 0.25) is 0 Å². The van der Waals surface area contributed by atoms with Gasteiger partial charge in [0.05, 0.1) is 10.5 Å². The molecule has 128 valence electrons. The van der Waals surface area contributed by atoms with Crippen LogP contribution in [0.4, 0.5) is 5.82 Å². The minimum absolute atomic E-state index is 0.128. The predicted octanol–water partition coefficient (Wildman–Crippen LogP) is 1.57. The summed E-state index contributed by atoms with van der Waals surface area (Å²) >= 11 is 0. The Morgan fingerprint density at radius 2 is 1.96 bits per heavy atom. The quantitative estimate of drug-likeness (QED) is 0.812. The van der Waals surface area contributed by atoms with Crippen LogP contribution in [-0.2, 0) is 19.4 Å². The molecule has 0 saturated heterocycles. The van der Waals surface area contributed by atoms with E-state index in [2.05, 4.69) is 10.5 Å². The second-order valence-electron chi connectivity index (χ2n) is 5.13. The summed E-state index contributed by atoms with van der Waals surface area (Å²) in [6.45, 7) is 3.03. The van der Waals surface area contributed by atoms with Crippen LogP contribution in [0.3, 0.4) is 0 Å². The third-order valence-corrected chi connectivity index (χ3v) is 4.19. The summed E-state index contributed by atoms with van der Waals surface area (Å²) in [5.74, 6) is -0.822. The van der Waals surface area contributed by atoms with Gasteiger partial charge in [-0.1, -0.05) is 17.3 Å². The van der Waals surface area contributed by atoms with E-state index in [9.17, 15) is 18.0 Å². The zero-order chi connectivity index (χ0) is 17.9. The molecule has 0 aliphatic carbocycles. The van der Waals surface area contributed by atoms with Gasteiger partial charge in [0.25, 0.3) is 5.91 Å². The van der Waals surface area contributed by atoms with Crippen molar-refractivity contribution in [2.45, 2.75) is 24.8 Å². The highest BCUT2D eigenvalue weighted by Crippen LogP contribution is 2.17. The van der Waals surface area contributed by atoms with E-state index in [-0.39, 0.29) is 16.3 Å². The molecule has 0 unspecified atom stereocenters. The number of anilines is 1. The number of ether oxygens (including phenoxy) is 1. The summed E-state index contributed by atoms with van der Waals surface area (Å²) in [4.78, 5) is 24.0. The minimum Gasteiger partial charge on any atom is -0.449 e. The summed E-state index contributed by atoms with van der Waals surface area (Å²) < 4.78 is 33.3. The molecule has 0 saturated carbocycles.